The normalized spacial score (nSPS) is 39.5. The molecule has 4 heterocycles. The van der Waals surface area contributed by atoms with Gasteiger partial charge in [-0.05, 0) is 0 Å². The molecule has 2 amide bonds. The van der Waals surface area contributed by atoms with Gasteiger partial charge in [-0.25, -0.2) is 9.21 Å². The van der Waals surface area contributed by atoms with E-state index >= 15 is 0 Å². The Morgan fingerprint density at radius 3 is 1.45 bits per heavy atom. The second-order valence-electron chi connectivity index (χ2n) is 13.6. The summed E-state index contributed by atoms with van der Waals surface area (Å²) < 4.78 is 53.1. The molecule has 4 fully saturated rings. The van der Waals surface area contributed by atoms with E-state index in [0.29, 0.717) is 17.7 Å². The number of halogens is 5. The fourth-order valence-corrected chi connectivity index (χ4v) is 7.00. The predicted octanol–water partition coefficient (Wildman–Crippen LogP) is -13.2. The van der Waals surface area contributed by atoms with Crippen LogP contribution in [0.25, 0.3) is 0 Å². The van der Waals surface area contributed by atoms with Crippen molar-refractivity contribution in [3.63, 3.8) is 0 Å². The van der Waals surface area contributed by atoms with Gasteiger partial charge in [-0.1, -0.05) is 0 Å². The molecular weight excluding hydrogens is 1260 g/mol. The topological polar surface area (TPSA) is 412 Å². The molecule has 4 rings (SSSR count). The van der Waals surface area contributed by atoms with Crippen LogP contribution in [0.3, 0.4) is 0 Å². The van der Waals surface area contributed by atoms with Crippen molar-refractivity contribution in [2.45, 2.75) is 137 Å². The Bertz CT molecular complexity index is 1430. The van der Waals surface area contributed by atoms with E-state index < -0.39 is 160 Å². The Kier molecular flexibility index (Phi) is 30.4. The number of ether oxygens (including phenoxy) is 10. The average Bonchev–Trinajstić information content (AvgIpc) is 3.22. The standard InChI is InChI=1S/C16H26ClNO12.C16H27NO12.ClH.I3.H2O/c1-5(20)18(17)7-11(8(21)6(4-19)28-15(7)27-3)29-16-10(23)9(22)12(26-2)13(30-16)14(24)25;1-5(19)17-7-11(8(20)6(4-18)27-15(7)26-3)28-16-10(22)9(21)12(25-2)13(29-16)14(23)24;;1-3-2;/h6-13,15-16,19,21-23H,4H2,1-3H3,(H,24,25);6-13,15-16,18,20-22H,4H2,1-3H3,(H,17,19)(H,23,24);1H;;1H2/q;;;-1;/p-2. The first-order chi connectivity index (χ1) is 29.1. The molecule has 0 radical (unpaired) electrons. The van der Waals surface area contributed by atoms with E-state index in [4.69, 9.17) is 59.1 Å². The molecule has 380 valence electrons. The fraction of sp³-hybridized carbons (Fsp3) is 0.875. The molecule has 4 saturated heterocycles. The Labute approximate surface area is 406 Å². The van der Waals surface area contributed by atoms with Gasteiger partial charge in [-0.3, -0.25) is 9.59 Å². The van der Waals surface area contributed by atoms with Crippen molar-refractivity contribution in [2.75, 3.05) is 41.7 Å². The monoisotopic (exact) mass is 1320 g/mol. The predicted molar refractivity (Wildman–Crippen MR) is 214 cm³/mol. The number of nitrogens with zero attached hydrogens (tertiary/aromatic N) is 1. The van der Waals surface area contributed by atoms with Crippen LogP contribution in [0.5, 0.6) is 0 Å². The molecule has 0 aromatic rings. The van der Waals surface area contributed by atoms with Gasteiger partial charge in [0.05, 0.1) is 19.2 Å². The van der Waals surface area contributed by atoms with E-state index in [1.807, 2.05) is 0 Å². The summed E-state index contributed by atoms with van der Waals surface area (Å²) in [5.74, 6) is -4.40. The van der Waals surface area contributed by atoms with Crippen LogP contribution < -0.4 is 36.1 Å². The van der Waals surface area contributed by atoms with Crippen LogP contribution in [0.4, 0.5) is 0 Å². The first-order valence-corrected chi connectivity index (χ1v) is 30.9. The van der Waals surface area contributed by atoms with Gasteiger partial charge in [0.25, 0.3) is 0 Å². The molecule has 0 aliphatic carbocycles. The molecule has 0 bridgehead atoms. The van der Waals surface area contributed by atoms with Crippen molar-refractivity contribution >= 4 is 72.8 Å². The van der Waals surface area contributed by atoms with Gasteiger partial charge in [0.2, 0.25) is 11.8 Å². The average molecular weight is 1320 g/mol. The summed E-state index contributed by atoms with van der Waals surface area (Å²) in [5.41, 5.74) is 0. The molecule has 0 aromatic carbocycles. The number of hydrogen-bond donors (Lipinski definition) is 10. The van der Waals surface area contributed by atoms with Crippen LogP contribution >= 0.6 is 49.0 Å². The summed E-state index contributed by atoms with van der Waals surface area (Å²) >= 11 is 11.3. The van der Waals surface area contributed by atoms with Crippen molar-refractivity contribution in [3.05, 3.63) is 0 Å². The van der Waals surface area contributed by atoms with Crippen LogP contribution in [0, 0.1) is 0 Å². The van der Waals surface area contributed by atoms with Crippen molar-refractivity contribution < 1.29 is 149 Å². The SMILES string of the molecule is COC1OC(CO)C(O)C(OC2OC(C(=O)O)C(OC)C(O)C2O)C1N(Cl)C(C)=O.COC1OC(CO)C(O)C(OC2OC(C(=O)[O-])C(OC)C(O)C2O)C1NC(C)=O.I[I-]I.O.[Cl-]. The number of carbonyl (C=O) groups excluding carboxylic acids is 3. The number of carboxylic acids is 2. The van der Waals surface area contributed by atoms with Gasteiger partial charge in [-0.15, -0.1) is 0 Å². The zero-order valence-corrected chi connectivity index (χ0v) is 42.4. The second kappa shape index (κ2) is 30.5. The van der Waals surface area contributed by atoms with E-state index in [1.54, 1.807) is 0 Å². The van der Waals surface area contributed by atoms with E-state index in [9.17, 15) is 70.2 Å². The molecule has 64 heavy (non-hydrogen) atoms. The molecule has 27 nitrogen and oxygen atoms in total. The summed E-state index contributed by atoms with van der Waals surface area (Å²) in [5, 5.41) is 104. The van der Waals surface area contributed by atoms with Crippen molar-refractivity contribution in [1.29, 1.82) is 0 Å². The first kappa shape index (κ1) is 63.9. The fourth-order valence-electron chi connectivity index (χ4n) is 6.80. The van der Waals surface area contributed by atoms with Crippen LogP contribution in [-0.2, 0) is 66.5 Å². The quantitative estimate of drug-likeness (QED) is 0.0570. The summed E-state index contributed by atoms with van der Waals surface area (Å²) in [7, 11) is 4.73. The van der Waals surface area contributed by atoms with Gasteiger partial charge in [0, 0.05) is 54.1 Å². The Hall–Kier alpha value is -0.110. The summed E-state index contributed by atoms with van der Waals surface area (Å²) in [6, 6.07) is -2.41. The molecule has 12 N–H and O–H groups in total. The van der Waals surface area contributed by atoms with Crippen LogP contribution in [0.2, 0.25) is 0 Å². The Morgan fingerprint density at radius 2 is 1.08 bits per heavy atom. The van der Waals surface area contributed by atoms with Gasteiger partial charge in [0.1, 0.15) is 91.4 Å². The maximum Gasteiger partial charge on any atom is -0.412 e. The largest absolute Gasteiger partial charge is 1.00 e. The number of hydrogen-bond acceptors (Lipinski definition) is 23. The smallest absolute Gasteiger partial charge is 0.412 e. The van der Waals surface area contributed by atoms with Gasteiger partial charge < -0.3 is 126 Å². The van der Waals surface area contributed by atoms with Crippen molar-refractivity contribution in [1.82, 2.24) is 9.74 Å². The Balaban J connectivity index is 0.00000114. The van der Waals surface area contributed by atoms with Gasteiger partial charge >= 0.3 is 56.5 Å². The number of aliphatic hydroxyl groups is 8. The van der Waals surface area contributed by atoms with E-state index in [0.717, 1.165) is 21.1 Å². The summed E-state index contributed by atoms with van der Waals surface area (Å²) in [6.07, 6.45) is -27.6. The molecule has 0 saturated carbocycles. The van der Waals surface area contributed by atoms with Crippen LogP contribution in [-0.4, -0.2) is 244 Å². The van der Waals surface area contributed by atoms with E-state index in [-0.39, 0.29) is 17.9 Å². The Morgan fingerprint density at radius 1 is 0.672 bits per heavy atom. The third-order valence-corrected chi connectivity index (χ3v) is 10.2. The summed E-state index contributed by atoms with van der Waals surface area (Å²) in [6.45, 7) is 1.04. The zero-order chi connectivity index (χ0) is 47.3. The van der Waals surface area contributed by atoms with E-state index in [2.05, 4.69) is 42.5 Å². The first-order valence-electron chi connectivity index (χ1n) is 18.0. The number of nitrogens with one attached hydrogen (secondary N) is 1. The number of aliphatic carboxylic acids is 2. The molecule has 4 aliphatic rings. The molecule has 20 atom stereocenters. The minimum atomic E-state index is -1.79. The summed E-state index contributed by atoms with van der Waals surface area (Å²) in [4.78, 5) is 46.2. The number of carbonyl (C=O) groups is 4. The van der Waals surface area contributed by atoms with Crippen LogP contribution in [0.1, 0.15) is 13.8 Å². The number of carboxylic acid groups (broad SMARTS) is 2. The van der Waals surface area contributed by atoms with Gasteiger partial charge in [-0.2, -0.15) is 0 Å². The maximum absolute atomic E-state index is 11.8. The van der Waals surface area contributed by atoms with E-state index in [1.165, 1.54) is 21.1 Å². The van der Waals surface area contributed by atoms with Gasteiger partial charge in [0.15, 0.2) is 31.3 Å². The molecule has 32 heteroatoms. The zero-order valence-electron chi connectivity index (χ0n) is 34.4. The molecule has 20 unspecified atom stereocenters. The molecule has 0 spiro atoms. The number of amides is 2. The maximum atomic E-state index is 11.8. The molecule has 4 aliphatic heterocycles. The minimum absolute atomic E-state index is 0. The van der Waals surface area contributed by atoms with Crippen LogP contribution in [0.15, 0.2) is 0 Å². The molecule has 0 aromatic heterocycles. The third-order valence-electron chi connectivity index (χ3n) is 9.76. The number of rotatable bonds is 14. The van der Waals surface area contributed by atoms with Crippen molar-refractivity contribution in [3.8, 4) is 0 Å². The minimum Gasteiger partial charge on any atom is -1.00 e. The number of aliphatic hydroxyl groups excluding tert-OH is 8. The molecular formula is C32H54Cl2I3N2O25-3. The van der Waals surface area contributed by atoms with Crippen molar-refractivity contribution in [2.24, 2.45) is 0 Å². The number of methoxy groups -OCH3 is 4. The third kappa shape index (κ3) is 16.0. The second-order valence-corrected chi connectivity index (χ2v) is 30.2.